The van der Waals surface area contributed by atoms with E-state index in [4.69, 9.17) is 27.9 Å². The molecule has 0 bridgehead atoms. The number of nitrogens with one attached hydrogen (secondary N) is 1. The Balaban J connectivity index is 1.47. The molecule has 1 aromatic heterocycles. The van der Waals surface area contributed by atoms with Gasteiger partial charge in [0, 0.05) is 24.2 Å². The Morgan fingerprint density at radius 3 is 2.38 bits per heavy atom. The first-order chi connectivity index (χ1) is 23.6. The van der Waals surface area contributed by atoms with Gasteiger partial charge in [-0.05, 0) is 82.8 Å². The number of phenolic OH excluding ortho intramolecular Hbond substituents is 1. The van der Waals surface area contributed by atoms with E-state index < -0.39 is 69.5 Å². The van der Waals surface area contributed by atoms with Gasteiger partial charge in [0.2, 0.25) is 11.8 Å². The number of hydrogen-bond acceptors (Lipinski definition) is 8. The molecule has 4 aliphatic rings. The summed E-state index contributed by atoms with van der Waals surface area (Å²) in [4.78, 5) is 61.5. The highest BCUT2D eigenvalue weighted by Gasteiger charge is 2.70. The summed E-state index contributed by atoms with van der Waals surface area (Å²) in [6.07, 6.45) is -2.14. The van der Waals surface area contributed by atoms with Gasteiger partial charge in [-0.2, -0.15) is 18.2 Å². The number of nitrogens with zero attached hydrogens (tertiary/aromatic N) is 3. The second kappa shape index (κ2) is 12.1. The molecule has 260 valence electrons. The van der Waals surface area contributed by atoms with Gasteiger partial charge in [0.15, 0.2) is 17.3 Å². The minimum atomic E-state index is -4.74. The van der Waals surface area contributed by atoms with Crippen LogP contribution >= 0.6 is 45.8 Å². The lowest BCUT2D eigenvalue weighted by atomic mass is 9.49. The molecule has 3 aromatic rings. The molecular weight excluding hydrogens is 815 g/mol. The number of imide groups is 2. The number of likely N-dealkylation sites (tertiary alicyclic amines) is 1. The molecule has 2 aliphatic heterocycles. The molecule has 2 N–H and O–H groups in total. The molecule has 10 nitrogen and oxygen atoms in total. The van der Waals surface area contributed by atoms with E-state index in [1.165, 1.54) is 14.2 Å². The maximum atomic E-state index is 15.2. The summed E-state index contributed by atoms with van der Waals surface area (Å²) in [5.41, 5.74) is 1.30. The predicted molar refractivity (Wildman–Crippen MR) is 182 cm³/mol. The number of allylic oxidation sites excluding steroid dienone is 2. The zero-order valence-corrected chi connectivity index (χ0v) is 29.8. The topological polar surface area (TPSA) is 129 Å². The SMILES string of the molecule is COc1cc(C2C3=CCC4C(=O)N(C)C(=O)C4C3CC3C(=O)N(Nc4ncc(C(F)(F)F)cc4Cl)C(=O)C32c2ccc(Cl)cc2)cc(I)c1O. The predicted octanol–water partition coefficient (Wildman–Crippen LogP) is 6.34. The molecule has 6 unspecified atom stereocenters. The second-order valence-corrected chi connectivity index (χ2v) is 14.7. The fraction of sp³-hybridized carbons (Fsp3) is 0.324. The molecule has 2 aliphatic carbocycles. The third kappa shape index (κ3) is 4.99. The molecule has 0 spiro atoms. The Bertz CT molecular complexity index is 2030. The van der Waals surface area contributed by atoms with Crippen molar-refractivity contribution in [3.05, 3.63) is 90.6 Å². The van der Waals surface area contributed by atoms with Crippen molar-refractivity contribution in [3.63, 3.8) is 0 Å². The van der Waals surface area contributed by atoms with Crippen LogP contribution in [0.3, 0.4) is 0 Å². The molecule has 2 aromatic carbocycles. The third-order valence-electron chi connectivity index (χ3n) is 10.4. The monoisotopic (exact) mass is 840 g/mol. The largest absolute Gasteiger partial charge is 0.504 e. The van der Waals surface area contributed by atoms with Crippen LogP contribution < -0.4 is 10.2 Å². The molecule has 3 heterocycles. The van der Waals surface area contributed by atoms with Gasteiger partial charge in [-0.3, -0.25) is 29.5 Å². The Morgan fingerprint density at radius 1 is 1.04 bits per heavy atom. The number of carbonyl (C=O) groups is 4. The van der Waals surface area contributed by atoms with E-state index in [0.29, 0.717) is 37.6 Å². The van der Waals surface area contributed by atoms with Crippen LogP contribution in [0.2, 0.25) is 10.0 Å². The van der Waals surface area contributed by atoms with Crippen LogP contribution in [0.1, 0.15) is 35.4 Å². The van der Waals surface area contributed by atoms with Crippen LogP contribution in [0, 0.1) is 27.2 Å². The molecule has 50 heavy (non-hydrogen) atoms. The van der Waals surface area contributed by atoms with Gasteiger partial charge in [0.25, 0.3) is 11.8 Å². The van der Waals surface area contributed by atoms with Crippen LogP contribution in [-0.2, 0) is 30.8 Å². The van der Waals surface area contributed by atoms with Crippen molar-refractivity contribution in [1.82, 2.24) is 14.9 Å². The lowest BCUT2D eigenvalue weighted by molar-refractivity contribution is -0.140. The number of rotatable bonds is 5. The number of amides is 4. The number of benzene rings is 2. The number of anilines is 1. The standard InChI is InChI=1S/C34H26Cl2F3IN4O6/c1-43-29(46)19-8-7-18-20(25(19)31(43)48)12-21-30(47)44(42-28-22(36)11-16(13-41-28)34(37,38)39)32(49)33(21,15-3-5-17(35)6-4-15)26(18)14-9-23(40)27(45)24(10-14)50-2/h3-7,9-11,13,19-21,25-26,45H,8,12H2,1-2H3,(H,41,42). The molecule has 4 amide bonds. The van der Waals surface area contributed by atoms with Crippen LogP contribution in [0.5, 0.6) is 11.5 Å². The van der Waals surface area contributed by atoms with Gasteiger partial charge in [0.05, 0.1) is 44.4 Å². The number of ether oxygens (including phenoxy) is 1. The zero-order valence-electron chi connectivity index (χ0n) is 26.1. The number of methoxy groups -OCH3 is 1. The zero-order chi connectivity index (χ0) is 36.0. The lowest BCUT2D eigenvalue weighted by Crippen LogP contribution is -2.53. The average Bonchev–Trinajstić information content (AvgIpc) is 3.43. The number of carbonyl (C=O) groups excluding carboxylic acids is 4. The van der Waals surface area contributed by atoms with Crippen molar-refractivity contribution in [1.29, 1.82) is 0 Å². The number of aromatic hydroxyl groups is 1. The third-order valence-corrected chi connectivity index (χ3v) is 11.7. The smallest absolute Gasteiger partial charge is 0.417 e. The molecule has 6 atom stereocenters. The number of hydrazine groups is 1. The van der Waals surface area contributed by atoms with E-state index >= 15 is 4.79 Å². The van der Waals surface area contributed by atoms with Gasteiger partial charge in [-0.1, -0.05) is 47.0 Å². The van der Waals surface area contributed by atoms with E-state index in [1.807, 2.05) is 28.7 Å². The number of pyridine rings is 1. The number of fused-ring (bicyclic) bond motifs is 4. The van der Waals surface area contributed by atoms with Crippen molar-refractivity contribution in [2.24, 2.45) is 23.7 Å². The van der Waals surface area contributed by atoms with E-state index in [2.05, 4.69) is 10.4 Å². The Labute approximate surface area is 306 Å². The normalized spacial score (nSPS) is 27.6. The number of halogens is 6. The number of aromatic nitrogens is 1. The summed E-state index contributed by atoms with van der Waals surface area (Å²) in [7, 11) is 2.79. The fourth-order valence-electron chi connectivity index (χ4n) is 8.23. The van der Waals surface area contributed by atoms with E-state index in [0.717, 1.165) is 9.91 Å². The van der Waals surface area contributed by atoms with E-state index in [-0.39, 0.29) is 36.1 Å². The van der Waals surface area contributed by atoms with Crippen LogP contribution in [0.4, 0.5) is 19.0 Å². The maximum Gasteiger partial charge on any atom is 0.417 e. The molecule has 3 fully saturated rings. The number of alkyl halides is 3. The highest BCUT2D eigenvalue weighted by molar-refractivity contribution is 14.1. The average molecular weight is 841 g/mol. The van der Waals surface area contributed by atoms with Gasteiger partial charge in [0.1, 0.15) is 0 Å². The highest BCUT2D eigenvalue weighted by atomic mass is 127. The summed E-state index contributed by atoms with van der Waals surface area (Å²) in [5, 5.41) is 11.4. The summed E-state index contributed by atoms with van der Waals surface area (Å²) >= 11 is 14.4. The Hall–Kier alpha value is -3.89. The molecule has 1 saturated carbocycles. The first kappa shape index (κ1) is 34.6. The van der Waals surface area contributed by atoms with Gasteiger partial charge in [-0.25, -0.2) is 4.98 Å². The van der Waals surface area contributed by atoms with Gasteiger partial charge in [-0.15, -0.1) is 0 Å². The number of phenols is 1. The maximum absolute atomic E-state index is 15.2. The summed E-state index contributed by atoms with van der Waals surface area (Å²) in [6.45, 7) is 0. The summed E-state index contributed by atoms with van der Waals surface area (Å²) < 4.78 is 46.1. The number of hydrogen-bond donors (Lipinski definition) is 2. The fourth-order valence-corrected chi connectivity index (χ4v) is 9.19. The lowest BCUT2D eigenvalue weighted by Gasteiger charge is -2.50. The molecular formula is C34H26Cl2F3IN4O6. The summed E-state index contributed by atoms with van der Waals surface area (Å²) in [5.74, 6) is -6.83. The van der Waals surface area contributed by atoms with Crippen LogP contribution in [0.15, 0.2) is 60.3 Å². The van der Waals surface area contributed by atoms with Crippen molar-refractivity contribution >= 4 is 75.2 Å². The first-order valence-electron chi connectivity index (χ1n) is 15.3. The van der Waals surface area contributed by atoms with Crippen LogP contribution in [0.25, 0.3) is 0 Å². The minimum absolute atomic E-state index is 0.0117. The van der Waals surface area contributed by atoms with Crippen molar-refractivity contribution in [2.45, 2.75) is 30.4 Å². The van der Waals surface area contributed by atoms with Gasteiger partial charge >= 0.3 is 6.18 Å². The highest BCUT2D eigenvalue weighted by Crippen LogP contribution is 2.64. The van der Waals surface area contributed by atoms with Gasteiger partial charge < -0.3 is 9.84 Å². The van der Waals surface area contributed by atoms with E-state index in [1.54, 1.807) is 36.4 Å². The minimum Gasteiger partial charge on any atom is -0.504 e. The molecule has 0 radical (unpaired) electrons. The Morgan fingerprint density at radius 2 is 1.74 bits per heavy atom. The van der Waals surface area contributed by atoms with Crippen molar-refractivity contribution in [2.75, 3.05) is 19.6 Å². The van der Waals surface area contributed by atoms with Crippen molar-refractivity contribution in [3.8, 4) is 11.5 Å². The first-order valence-corrected chi connectivity index (χ1v) is 17.2. The quantitative estimate of drug-likeness (QED) is 0.173. The molecule has 7 rings (SSSR count). The van der Waals surface area contributed by atoms with Crippen LogP contribution in [-0.4, -0.2) is 57.8 Å². The van der Waals surface area contributed by atoms with E-state index in [9.17, 15) is 32.7 Å². The van der Waals surface area contributed by atoms with Crippen molar-refractivity contribution < 1.29 is 42.2 Å². The molecule has 16 heteroatoms. The molecule has 2 saturated heterocycles. The second-order valence-electron chi connectivity index (χ2n) is 12.7. The Kier molecular flexibility index (Phi) is 8.37. The summed E-state index contributed by atoms with van der Waals surface area (Å²) in [6, 6.07) is 10.3.